The molecule has 10 nitrogen and oxygen atoms in total. The first kappa shape index (κ1) is 21.1. The minimum atomic E-state index is -1.28. The minimum Gasteiger partial charge on any atom is -0.478 e. The van der Waals surface area contributed by atoms with E-state index in [2.05, 4.69) is 14.3 Å². The van der Waals surface area contributed by atoms with Gasteiger partial charge in [0, 0.05) is 49.1 Å². The summed E-state index contributed by atoms with van der Waals surface area (Å²) < 4.78 is 3.99. The molecule has 1 fully saturated rings. The number of allylic oxidation sites excluding steroid dienone is 1. The fourth-order valence-corrected chi connectivity index (χ4v) is 4.75. The fourth-order valence-electron chi connectivity index (χ4n) is 4.23. The van der Waals surface area contributed by atoms with Gasteiger partial charge in [0.2, 0.25) is 5.13 Å². The molecule has 3 aliphatic rings. The molecule has 0 spiro atoms. The number of carboxylic acids is 1. The number of carbonyl (C=O) groups is 3. The molecule has 0 aromatic carbocycles. The molecule has 2 aromatic rings. The number of pyridine rings is 1. The van der Waals surface area contributed by atoms with Gasteiger partial charge in [0.15, 0.2) is 5.78 Å². The second-order valence-electron chi connectivity index (χ2n) is 8.20. The molecule has 11 heteroatoms. The molecule has 1 N–H and O–H groups in total. The summed E-state index contributed by atoms with van der Waals surface area (Å²) in [4.78, 5) is 53.9. The Morgan fingerprint density at radius 3 is 2.73 bits per heavy atom. The van der Waals surface area contributed by atoms with Crippen LogP contribution in [0.2, 0.25) is 0 Å². The van der Waals surface area contributed by atoms with Crippen molar-refractivity contribution in [1.29, 1.82) is 0 Å². The van der Waals surface area contributed by atoms with Crippen molar-refractivity contribution in [2.75, 3.05) is 18.0 Å². The molecule has 0 aliphatic carbocycles. The summed E-state index contributed by atoms with van der Waals surface area (Å²) in [5.74, 6) is -1.63. The van der Waals surface area contributed by atoms with Crippen LogP contribution in [-0.4, -0.2) is 60.8 Å². The van der Waals surface area contributed by atoms with Crippen LogP contribution in [0.25, 0.3) is 0 Å². The lowest BCUT2D eigenvalue weighted by Gasteiger charge is -2.43. The van der Waals surface area contributed by atoms with Crippen LogP contribution < -0.4 is 4.90 Å². The maximum Gasteiger partial charge on any atom is 0.340 e. The molecule has 5 rings (SSSR count). The van der Waals surface area contributed by atoms with Gasteiger partial charge in [0.25, 0.3) is 0 Å². The summed E-state index contributed by atoms with van der Waals surface area (Å²) in [6.45, 7) is 2.94. The third kappa shape index (κ3) is 3.84. The molecule has 2 aromatic heterocycles. The number of rotatable bonds is 6. The van der Waals surface area contributed by atoms with Crippen LogP contribution in [0.5, 0.6) is 0 Å². The molecule has 0 amide bonds. The van der Waals surface area contributed by atoms with E-state index >= 15 is 0 Å². The van der Waals surface area contributed by atoms with Crippen LogP contribution >= 0.6 is 11.5 Å². The maximum atomic E-state index is 12.9. The van der Waals surface area contributed by atoms with Crippen molar-refractivity contribution in [2.24, 2.45) is 22.7 Å². The Morgan fingerprint density at radius 1 is 1.24 bits per heavy atom. The zero-order valence-electron chi connectivity index (χ0n) is 17.7. The Kier molecular flexibility index (Phi) is 5.33. The maximum absolute atomic E-state index is 12.9. The molecule has 0 radical (unpaired) electrons. The van der Waals surface area contributed by atoms with Crippen molar-refractivity contribution in [1.82, 2.24) is 19.2 Å². The predicted molar refractivity (Wildman–Crippen MR) is 119 cm³/mol. The number of aliphatic carboxylic acids is 1. The number of ketones is 2. The van der Waals surface area contributed by atoms with Gasteiger partial charge in [-0.05, 0) is 24.1 Å². The van der Waals surface area contributed by atoms with Crippen LogP contribution in [0.15, 0.2) is 59.4 Å². The van der Waals surface area contributed by atoms with Crippen molar-refractivity contribution in [3.05, 3.63) is 60.1 Å². The minimum absolute atomic E-state index is 0.105. The molecule has 168 valence electrons. The number of fused-ring (bicyclic) bond motifs is 1. The van der Waals surface area contributed by atoms with Crippen LogP contribution in [-0.2, 0) is 20.8 Å². The van der Waals surface area contributed by atoms with Gasteiger partial charge in [0.1, 0.15) is 29.3 Å². The van der Waals surface area contributed by atoms with Gasteiger partial charge in [-0.2, -0.15) is 4.37 Å². The van der Waals surface area contributed by atoms with Crippen molar-refractivity contribution in [2.45, 2.75) is 13.3 Å². The summed E-state index contributed by atoms with van der Waals surface area (Å²) in [6.07, 6.45) is 6.49. The number of aliphatic imine (C=N–C) groups is 1. The molecule has 0 saturated carbocycles. The summed E-state index contributed by atoms with van der Waals surface area (Å²) in [5.41, 5.74) is 0.450. The molecule has 2 unspecified atom stereocenters. The summed E-state index contributed by atoms with van der Waals surface area (Å²) in [7, 11) is 0. The predicted octanol–water partition coefficient (Wildman–Crippen LogP) is 1.54. The highest BCUT2D eigenvalue weighted by molar-refractivity contribution is 7.09. The number of nitrogens with zero attached hydrogens (tertiary/aromatic N) is 6. The highest BCUT2D eigenvalue weighted by atomic mass is 32.1. The normalized spacial score (nSPS) is 22.7. The van der Waals surface area contributed by atoms with Gasteiger partial charge in [-0.25, -0.2) is 14.8 Å². The van der Waals surface area contributed by atoms with Gasteiger partial charge in [0.05, 0.1) is 11.8 Å². The van der Waals surface area contributed by atoms with Crippen LogP contribution in [0.1, 0.15) is 12.6 Å². The lowest BCUT2D eigenvalue weighted by atomic mass is 9.81. The number of carboxylic acid groups (broad SMARTS) is 1. The van der Waals surface area contributed by atoms with Crippen LogP contribution in [0.4, 0.5) is 5.13 Å². The van der Waals surface area contributed by atoms with Crippen molar-refractivity contribution in [3.8, 4) is 0 Å². The van der Waals surface area contributed by atoms with Gasteiger partial charge < -0.3 is 10.0 Å². The third-order valence-corrected chi connectivity index (χ3v) is 6.69. The van der Waals surface area contributed by atoms with E-state index < -0.39 is 17.7 Å². The topological polar surface area (TPSA) is 129 Å². The smallest absolute Gasteiger partial charge is 0.340 e. The number of hydrogen-bond acceptors (Lipinski definition) is 10. The molecule has 5 heterocycles. The quantitative estimate of drug-likeness (QED) is 0.633. The van der Waals surface area contributed by atoms with Gasteiger partial charge >= 0.3 is 5.97 Å². The lowest BCUT2D eigenvalue weighted by molar-refractivity contribution is -0.135. The van der Waals surface area contributed by atoms with E-state index in [-0.39, 0.29) is 23.2 Å². The fraction of sp³-hybridized carbons (Fsp3) is 0.318. The zero-order chi connectivity index (χ0) is 23.1. The molecule has 2 atom stereocenters. The highest BCUT2D eigenvalue weighted by Gasteiger charge is 2.45. The summed E-state index contributed by atoms with van der Waals surface area (Å²) in [6, 6.07) is 5.52. The van der Waals surface area contributed by atoms with E-state index in [1.165, 1.54) is 12.5 Å². The number of aromatic nitrogens is 3. The number of likely N-dealkylation sites (tertiary alicyclic amines) is 1. The summed E-state index contributed by atoms with van der Waals surface area (Å²) in [5, 5.41) is 9.96. The van der Waals surface area contributed by atoms with E-state index in [1.807, 2.05) is 36.1 Å². The Morgan fingerprint density at radius 2 is 2.06 bits per heavy atom. The van der Waals surface area contributed by atoms with Gasteiger partial charge in [-0.1, -0.05) is 13.0 Å². The largest absolute Gasteiger partial charge is 0.478 e. The van der Waals surface area contributed by atoms with E-state index in [0.29, 0.717) is 36.3 Å². The Bertz CT molecular complexity index is 1200. The summed E-state index contributed by atoms with van der Waals surface area (Å²) >= 11 is 1.09. The van der Waals surface area contributed by atoms with E-state index in [4.69, 9.17) is 4.99 Å². The molecule has 3 aliphatic heterocycles. The average molecular weight is 465 g/mol. The number of anilines is 1. The number of hydrogen-bond donors (Lipinski definition) is 1. The number of amidine groups is 1. The molecular formula is C22H20N6O4S. The van der Waals surface area contributed by atoms with E-state index in [0.717, 1.165) is 17.2 Å². The van der Waals surface area contributed by atoms with Crippen LogP contribution in [0, 0.1) is 17.8 Å². The second kappa shape index (κ2) is 8.32. The first-order valence-corrected chi connectivity index (χ1v) is 11.2. The van der Waals surface area contributed by atoms with Crippen molar-refractivity contribution >= 4 is 40.0 Å². The van der Waals surface area contributed by atoms with E-state index in [9.17, 15) is 19.5 Å². The van der Waals surface area contributed by atoms with Gasteiger partial charge in [-0.15, -0.1) is 0 Å². The van der Waals surface area contributed by atoms with Crippen molar-refractivity contribution in [3.63, 3.8) is 0 Å². The van der Waals surface area contributed by atoms with E-state index in [1.54, 1.807) is 11.1 Å². The standard InChI is InChI=1S/C22H20N6O4S/c1-12-6-17(27-8-13(9-27)16(29)7-14-4-2-3-5-23-14)26-20-18(12)19(30)15(21(31)32)10-28(20)22-24-11-25-33-22/h2-6,10-13,18H,7-9H2,1H3,(H,31,32). The van der Waals surface area contributed by atoms with Gasteiger partial charge in [-0.3, -0.25) is 19.5 Å². The highest BCUT2D eigenvalue weighted by Crippen LogP contribution is 2.37. The second-order valence-corrected chi connectivity index (χ2v) is 8.96. The third-order valence-electron chi connectivity index (χ3n) is 6.03. The SMILES string of the molecule is CC1C=C(N2CC(C(=O)Cc3ccccn3)C2)N=C2C1C(=O)C(C(=O)O)=CN2c1ncns1. The average Bonchev–Trinajstić information content (AvgIpc) is 3.28. The number of carbonyl (C=O) groups excluding carboxylic acids is 2. The molecule has 33 heavy (non-hydrogen) atoms. The molecular weight excluding hydrogens is 444 g/mol. The zero-order valence-corrected chi connectivity index (χ0v) is 18.5. The first-order chi connectivity index (χ1) is 15.9. The molecule has 0 bridgehead atoms. The van der Waals surface area contributed by atoms with Crippen LogP contribution in [0.3, 0.4) is 0 Å². The Balaban J connectivity index is 1.37. The monoisotopic (exact) mass is 464 g/mol. The lowest BCUT2D eigenvalue weighted by Crippen LogP contribution is -2.52. The first-order valence-electron chi connectivity index (χ1n) is 10.5. The molecule has 1 saturated heterocycles. The Hall–Kier alpha value is -3.73. The number of Topliss-reactive ketones (excluding diaryl/α,β-unsaturated/α-hetero) is 2. The van der Waals surface area contributed by atoms with Crippen molar-refractivity contribution < 1.29 is 19.5 Å². The Labute approximate surface area is 193 Å².